The van der Waals surface area contributed by atoms with Crippen LogP contribution in [0.2, 0.25) is 5.02 Å². The Balaban J connectivity index is 2.34. The largest absolute Gasteiger partial charge is 0.337 e. The second kappa shape index (κ2) is 4.76. The highest BCUT2D eigenvalue weighted by atomic mass is 79.9. The molecule has 0 amide bonds. The summed E-state index contributed by atoms with van der Waals surface area (Å²) in [5, 5.41) is 3.28. The smallest absolute Gasteiger partial charge is 0.148 e. The average molecular weight is 303 g/mol. The molecule has 82 valence electrons. The fourth-order valence-electron chi connectivity index (χ4n) is 1.13. The van der Waals surface area contributed by atoms with Crippen LogP contribution in [-0.4, -0.2) is 9.97 Å². The van der Waals surface area contributed by atoms with Crippen LogP contribution in [0.3, 0.4) is 0 Å². The summed E-state index contributed by atoms with van der Waals surface area (Å²) < 4.78 is 14.1. The third kappa shape index (κ3) is 2.48. The van der Waals surface area contributed by atoms with Crippen molar-refractivity contribution in [3.8, 4) is 0 Å². The topological polar surface area (TPSA) is 37.8 Å². The van der Waals surface area contributed by atoms with Gasteiger partial charge >= 0.3 is 0 Å². The molecule has 0 saturated carbocycles. The number of benzene rings is 1. The van der Waals surface area contributed by atoms with E-state index in [2.05, 4.69) is 31.2 Å². The van der Waals surface area contributed by atoms with Gasteiger partial charge in [-0.15, -0.1) is 0 Å². The second-order valence-electron chi connectivity index (χ2n) is 2.97. The van der Waals surface area contributed by atoms with E-state index in [0.717, 1.165) is 0 Å². The summed E-state index contributed by atoms with van der Waals surface area (Å²) in [6.07, 6.45) is 2.94. The highest BCUT2D eigenvalue weighted by Crippen LogP contribution is 2.26. The summed E-state index contributed by atoms with van der Waals surface area (Å²) in [4.78, 5) is 7.77. The van der Waals surface area contributed by atoms with E-state index in [0.29, 0.717) is 15.3 Å². The molecule has 0 saturated heterocycles. The maximum atomic E-state index is 13.4. The normalized spacial score (nSPS) is 10.2. The molecule has 1 heterocycles. The molecule has 0 aliphatic heterocycles. The first-order valence-electron chi connectivity index (χ1n) is 4.34. The van der Waals surface area contributed by atoms with Gasteiger partial charge in [0.25, 0.3) is 0 Å². The van der Waals surface area contributed by atoms with Gasteiger partial charge in [-0.2, -0.15) is 0 Å². The molecule has 0 radical (unpaired) electrons. The zero-order valence-electron chi connectivity index (χ0n) is 7.92. The molecule has 0 atom stereocenters. The van der Waals surface area contributed by atoms with Gasteiger partial charge in [0.05, 0.1) is 10.2 Å². The van der Waals surface area contributed by atoms with Crippen LogP contribution >= 0.6 is 27.5 Å². The minimum absolute atomic E-state index is 0.270. The van der Waals surface area contributed by atoms with E-state index in [1.807, 2.05) is 0 Å². The van der Waals surface area contributed by atoms with E-state index in [9.17, 15) is 4.39 Å². The van der Waals surface area contributed by atoms with E-state index in [1.54, 1.807) is 6.20 Å². The third-order valence-electron chi connectivity index (χ3n) is 1.85. The van der Waals surface area contributed by atoms with Crippen LogP contribution in [-0.2, 0) is 0 Å². The molecule has 2 rings (SSSR count). The van der Waals surface area contributed by atoms with Crippen LogP contribution < -0.4 is 5.32 Å². The van der Waals surface area contributed by atoms with Crippen molar-refractivity contribution in [3.63, 3.8) is 0 Å². The Labute approximate surface area is 105 Å². The van der Waals surface area contributed by atoms with Crippen LogP contribution in [0.15, 0.2) is 35.2 Å². The maximum Gasteiger partial charge on any atom is 0.148 e. The lowest BCUT2D eigenvalue weighted by molar-refractivity contribution is 0.632. The van der Waals surface area contributed by atoms with Gasteiger partial charge in [-0.1, -0.05) is 11.6 Å². The molecule has 6 heteroatoms. The average Bonchev–Trinajstić information content (AvgIpc) is 2.27. The van der Waals surface area contributed by atoms with E-state index in [4.69, 9.17) is 11.6 Å². The minimum Gasteiger partial charge on any atom is -0.337 e. The molecule has 1 N–H and O–H groups in total. The van der Waals surface area contributed by atoms with Crippen molar-refractivity contribution in [2.24, 2.45) is 0 Å². The molecular weight excluding hydrogens is 296 g/mol. The molecular formula is C10H6BrClFN3. The Kier molecular flexibility index (Phi) is 3.36. The lowest BCUT2D eigenvalue weighted by Crippen LogP contribution is -1.97. The molecule has 0 spiro atoms. The Morgan fingerprint density at radius 1 is 1.38 bits per heavy atom. The van der Waals surface area contributed by atoms with Crippen LogP contribution in [0.4, 0.5) is 15.9 Å². The number of anilines is 2. The van der Waals surface area contributed by atoms with Crippen molar-refractivity contribution < 1.29 is 4.39 Å². The molecule has 3 nitrogen and oxygen atoms in total. The standard InChI is InChI=1S/C10H6BrClFN3/c11-7-4-14-5-15-10(7)16-9-3-6(12)1-2-8(9)13/h1-5H,(H,14,15,16). The summed E-state index contributed by atoms with van der Waals surface area (Å²) in [6, 6.07) is 4.27. The molecule has 1 aromatic heterocycles. The predicted octanol–water partition coefficient (Wildman–Crippen LogP) is 3.78. The molecule has 0 unspecified atom stereocenters. The fourth-order valence-corrected chi connectivity index (χ4v) is 1.62. The van der Waals surface area contributed by atoms with Crippen LogP contribution in [0.1, 0.15) is 0 Å². The van der Waals surface area contributed by atoms with Crippen LogP contribution in [0.25, 0.3) is 0 Å². The Bertz CT molecular complexity index is 521. The molecule has 0 fully saturated rings. The SMILES string of the molecule is Fc1ccc(Cl)cc1Nc1ncncc1Br. The van der Waals surface area contributed by atoms with Gasteiger partial charge in [0.15, 0.2) is 0 Å². The summed E-state index contributed by atoms with van der Waals surface area (Å²) in [6.45, 7) is 0. The number of rotatable bonds is 2. The highest BCUT2D eigenvalue weighted by Gasteiger charge is 2.06. The molecule has 0 aliphatic rings. The predicted molar refractivity (Wildman–Crippen MR) is 64.4 cm³/mol. The van der Waals surface area contributed by atoms with Crippen LogP contribution in [0, 0.1) is 5.82 Å². The van der Waals surface area contributed by atoms with Gasteiger partial charge in [0.1, 0.15) is 18.0 Å². The first-order valence-corrected chi connectivity index (χ1v) is 5.51. The monoisotopic (exact) mass is 301 g/mol. The number of nitrogens with one attached hydrogen (secondary N) is 1. The zero-order valence-corrected chi connectivity index (χ0v) is 10.3. The van der Waals surface area contributed by atoms with E-state index < -0.39 is 5.82 Å². The highest BCUT2D eigenvalue weighted by molar-refractivity contribution is 9.10. The van der Waals surface area contributed by atoms with Crippen molar-refractivity contribution in [2.45, 2.75) is 0 Å². The maximum absolute atomic E-state index is 13.4. The van der Waals surface area contributed by atoms with Crippen molar-refractivity contribution in [3.05, 3.63) is 46.0 Å². The number of halogens is 3. The summed E-state index contributed by atoms with van der Waals surface area (Å²) in [5.74, 6) is 0.0890. The zero-order chi connectivity index (χ0) is 11.5. The Morgan fingerprint density at radius 3 is 2.94 bits per heavy atom. The first kappa shape index (κ1) is 11.3. The molecule has 0 aliphatic carbocycles. The van der Waals surface area contributed by atoms with Gasteiger partial charge in [-0.3, -0.25) is 0 Å². The van der Waals surface area contributed by atoms with E-state index in [-0.39, 0.29) is 5.69 Å². The van der Waals surface area contributed by atoms with Gasteiger partial charge in [-0.05, 0) is 34.1 Å². The van der Waals surface area contributed by atoms with Crippen molar-refractivity contribution in [2.75, 3.05) is 5.32 Å². The first-order chi connectivity index (χ1) is 7.66. The van der Waals surface area contributed by atoms with Gasteiger partial charge in [-0.25, -0.2) is 14.4 Å². The van der Waals surface area contributed by atoms with E-state index >= 15 is 0 Å². The minimum atomic E-state index is -0.394. The van der Waals surface area contributed by atoms with Gasteiger partial charge in [0, 0.05) is 11.2 Å². The fraction of sp³-hybridized carbons (Fsp3) is 0. The lowest BCUT2D eigenvalue weighted by Gasteiger charge is -2.07. The molecule has 16 heavy (non-hydrogen) atoms. The molecule has 0 bridgehead atoms. The lowest BCUT2D eigenvalue weighted by atomic mass is 10.3. The third-order valence-corrected chi connectivity index (χ3v) is 2.66. The Morgan fingerprint density at radius 2 is 2.19 bits per heavy atom. The molecule has 2 aromatic rings. The van der Waals surface area contributed by atoms with E-state index in [1.165, 1.54) is 24.5 Å². The van der Waals surface area contributed by atoms with Crippen molar-refractivity contribution in [1.29, 1.82) is 0 Å². The van der Waals surface area contributed by atoms with Crippen molar-refractivity contribution >= 4 is 39.0 Å². The summed E-state index contributed by atoms with van der Waals surface area (Å²) in [7, 11) is 0. The number of aromatic nitrogens is 2. The summed E-state index contributed by atoms with van der Waals surface area (Å²) in [5.41, 5.74) is 0.270. The van der Waals surface area contributed by atoms with Gasteiger partial charge < -0.3 is 5.32 Å². The molecule has 1 aromatic carbocycles. The Hall–Kier alpha value is -1.20. The number of hydrogen-bond acceptors (Lipinski definition) is 3. The summed E-state index contributed by atoms with van der Waals surface area (Å²) >= 11 is 9.03. The number of hydrogen-bond donors (Lipinski definition) is 1. The van der Waals surface area contributed by atoms with Crippen molar-refractivity contribution in [1.82, 2.24) is 9.97 Å². The number of nitrogens with zero attached hydrogens (tertiary/aromatic N) is 2. The second-order valence-corrected chi connectivity index (χ2v) is 4.26. The van der Waals surface area contributed by atoms with Crippen LogP contribution in [0.5, 0.6) is 0 Å². The quantitative estimate of drug-likeness (QED) is 0.917. The van der Waals surface area contributed by atoms with Gasteiger partial charge in [0.2, 0.25) is 0 Å².